The van der Waals surface area contributed by atoms with Crippen LogP contribution < -0.4 is 0 Å². The van der Waals surface area contributed by atoms with Crippen LogP contribution in [0.3, 0.4) is 0 Å². The summed E-state index contributed by atoms with van der Waals surface area (Å²) in [5.74, 6) is -0.802. The maximum Gasteiger partial charge on any atom is 0.416 e. The Kier molecular flexibility index (Phi) is 3.49. The first-order valence-corrected chi connectivity index (χ1v) is 6.04. The molecule has 2 nitrogen and oxygen atoms in total. The van der Waals surface area contributed by atoms with Crippen LogP contribution >= 0.6 is 34.8 Å². The number of alkyl halides is 6. The minimum Gasteiger partial charge on any atom is -0.360 e. The minimum atomic E-state index is -4.46. The number of hydrogen-bond donors (Lipinski definition) is 1. The summed E-state index contributed by atoms with van der Waals surface area (Å²) in [6.07, 6.45) is -3.24. The zero-order chi connectivity index (χ0) is 14.4. The van der Waals surface area contributed by atoms with Crippen molar-refractivity contribution >= 4 is 51.5 Å². The number of nitrogens with one attached hydrogen (secondary N) is 1. The molecule has 102 valence electrons. The summed E-state index contributed by atoms with van der Waals surface area (Å²) < 4.78 is 35.4. The Morgan fingerprint density at radius 3 is 2.32 bits per heavy atom. The lowest BCUT2D eigenvalue weighted by Gasteiger charge is -2.09. The largest absolute Gasteiger partial charge is 0.416 e. The van der Waals surface area contributed by atoms with Crippen molar-refractivity contribution in [2.45, 2.75) is 9.97 Å². The molecule has 1 aromatic heterocycles. The Balaban J connectivity index is 2.55. The highest BCUT2D eigenvalue weighted by Crippen LogP contribution is 2.35. The maximum absolute atomic E-state index is 12.5. The molecule has 0 unspecified atom stereocenters. The first-order chi connectivity index (χ1) is 8.60. The summed E-state index contributed by atoms with van der Waals surface area (Å²) in [5.41, 5.74) is -0.647. The van der Waals surface area contributed by atoms with Gasteiger partial charge in [0.05, 0.1) is 5.56 Å². The average Bonchev–Trinajstić information content (AvgIpc) is 2.67. The molecule has 8 heteroatoms. The lowest BCUT2D eigenvalue weighted by Crippen LogP contribution is -2.18. The Bertz CT molecular complexity index is 643. The number of fused-ring (bicyclic) bond motifs is 1. The van der Waals surface area contributed by atoms with E-state index in [1.165, 1.54) is 6.20 Å². The van der Waals surface area contributed by atoms with Gasteiger partial charge >= 0.3 is 6.18 Å². The van der Waals surface area contributed by atoms with Gasteiger partial charge < -0.3 is 4.98 Å². The van der Waals surface area contributed by atoms with Gasteiger partial charge in [0.1, 0.15) is 0 Å². The van der Waals surface area contributed by atoms with Crippen molar-refractivity contribution in [1.29, 1.82) is 0 Å². The van der Waals surface area contributed by atoms with Gasteiger partial charge in [-0.3, -0.25) is 4.79 Å². The highest BCUT2D eigenvalue weighted by Gasteiger charge is 2.34. The maximum atomic E-state index is 12.5. The van der Waals surface area contributed by atoms with Gasteiger partial charge in [-0.1, -0.05) is 40.9 Å². The molecule has 0 atom stereocenters. The Morgan fingerprint density at radius 1 is 1.16 bits per heavy atom. The first kappa shape index (κ1) is 14.5. The third-order valence-electron chi connectivity index (χ3n) is 2.51. The van der Waals surface area contributed by atoms with Crippen LogP contribution in [-0.2, 0) is 6.18 Å². The zero-order valence-corrected chi connectivity index (χ0v) is 11.3. The average molecular weight is 331 g/mol. The summed E-state index contributed by atoms with van der Waals surface area (Å²) >= 11 is 16.4. The molecule has 1 aromatic carbocycles. The third kappa shape index (κ3) is 2.83. The molecule has 0 spiro atoms. The lowest BCUT2D eigenvalue weighted by molar-refractivity contribution is -0.137. The van der Waals surface area contributed by atoms with Gasteiger partial charge in [0.15, 0.2) is 0 Å². The van der Waals surface area contributed by atoms with Gasteiger partial charge in [-0.05, 0) is 12.1 Å². The number of ketones is 1. The molecule has 0 radical (unpaired) electrons. The number of benzene rings is 1. The summed E-state index contributed by atoms with van der Waals surface area (Å²) in [7, 11) is 0. The second-order valence-corrected chi connectivity index (χ2v) is 6.07. The molecule has 2 aromatic rings. The smallest absolute Gasteiger partial charge is 0.360 e. The molecule has 0 bridgehead atoms. The van der Waals surface area contributed by atoms with Crippen molar-refractivity contribution in [1.82, 2.24) is 4.98 Å². The predicted octanol–water partition coefficient (Wildman–Crippen LogP) is 4.74. The van der Waals surface area contributed by atoms with Crippen molar-refractivity contribution < 1.29 is 18.0 Å². The van der Waals surface area contributed by atoms with E-state index >= 15 is 0 Å². The van der Waals surface area contributed by atoms with Gasteiger partial charge in [-0.15, -0.1) is 0 Å². The molecular formula is C11H5Cl3F3NO. The van der Waals surface area contributed by atoms with Crippen LogP contribution in [0.25, 0.3) is 10.9 Å². The highest BCUT2D eigenvalue weighted by atomic mass is 35.6. The van der Waals surface area contributed by atoms with Crippen molar-refractivity contribution in [3.63, 3.8) is 0 Å². The highest BCUT2D eigenvalue weighted by molar-refractivity contribution is 6.77. The van der Waals surface area contributed by atoms with Gasteiger partial charge in [-0.25, -0.2) is 0 Å². The molecule has 0 fully saturated rings. The van der Waals surface area contributed by atoms with Crippen molar-refractivity contribution in [2.24, 2.45) is 0 Å². The van der Waals surface area contributed by atoms with E-state index in [0.717, 1.165) is 18.2 Å². The normalized spacial score (nSPS) is 12.9. The van der Waals surface area contributed by atoms with E-state index in [0.29, 0.717) is 0 Å². The number of carbonyl (C=O) groups is 1. The van der Waals surface area contributed by atoms with Crippen LogP contribution in [0.4, 0.5) is 13.2 Å². The number of hydrogen-bond acceptors (Lipinski definition) is 1. The number of aromatic nitrogens is 1. The van der Waals surface area contributed by atoms with Crippen molar-refractivity contribution in [3.8, 4) is 0 Å². The van der Waals surface area contributed by atoms with E-state index < -0.39 is 21.3 Å². The monoisotopic (exact) mass is 329 g/mol. The summed E-state index contributed by atoms with van der Waals surface area (Å²) in [6, 6.07) is 2.92. The molecule has 19 heavy (non-hydrogen) atoms. The fourth-order valence-corrected chi connectivity index (χ4v) is 1.95. The topological polar surface area (TPSA) is 32.9 Å². The fraction of sp³-hybridized carbons (Fsp3) is 0.182. The number of aromatic amines is 1. The van der Waals surface area contributed by atoms with Crippen LogP contribution in [0.5, 0.6) is 0 Å². The quantitative estimate of drug-likeness (QED) is 0.594. The second-order valence-electron chi connectivity index (χ2n) is 3.79. The molecule has 0 amide bonds. The van der Waals surface area contributed by atoms with E-state index in [1.807, 2.05) is 0 Å². The molecule has 0 aliphatic rings. The Morgan fingerprint density at radius 2 is 1.79 bits per heavy atom. The number of H-pyrrole nitrogens is 1. The number of halogens is 6. The van der Waals surface area contributed by atoms with E-state index in [1.54, 1.807) is 0 Å². The Labute approximate surface area is 120 Å². The first-order valence-electron chi connectivity index (χ1n) is 4.90. The van der Waals surface area contributed by atoms with Crippen LogP contribution in [0.15, 0.2) is 24.4 Å². The SMILES string of the molecule is O=C(c1c[nH]c2cc(C(F)(F)F)ccc12)C(Cl)(Cl)Cl. The minimum absolute atomic E-state index is 0.0312. The summed E-state index contributed by atoms with van der Waals surface area (Å²) in [4.78, 5) is 14.3. The molecule has 1 heterocycles. The van der Waals surface area contributed by atoms with Crippen LogP contribution in [0, 0.1) is 0 Å². The van der Waals surface area contributed by atoms with Gasteiger partial charge in [-0.2, -0.15) is 13.2 Å². The van der Waals surface area contributed by atoms with Crippen molar-refractivity contribution in [3.05, 3.63) is 35.5 Å². The molecule has 2 rings (SSSR count). The molecular weight excluding hydrogens is 325 g/mol. The summed E-state index contributed by atoms with van der Waals surface area (Å²) in [6.45, 7) is 0. The number of Topliss-reactive ketones (excluding diaryl/α,β-unsaturated/α-hetero) is 1. The third-order valence-corrected chi connectivity index (χ3v) is 3.03. The molecule has 0 saturated heterocycles. The molecule has 1 N–H and O–H groups in total. The van der Waals surface area contributed by atoms with E-state index in [9.17, 15) is 18.0 Å². The molecule has 0 aliphatic heterocycles. The number of carbonyl (C=O) groups excluding carboxylic acids is 1. The fourth-order valence-electron chi connectivity index (χ4n) is 1.64. The van der Waals surface area contributed by atoms with Crippen LogP contribution in [-0.4, -0.2) is 14.6 Å². The summed E-state index contributed by atoms with van der Waals surface area (Å²) in [5, 5.41) is 0.268. The van der Waals surface area contributed by atoms with E-state index in [2.05, 4.69) is 4.98 Å². The van der Waals surface area contributed by atoms with E-state index in [4.69, 9.17) is 34.8 Å². The van der Waals surface area contributed by atoms with E-state index in [-0.39, 0.29) is 16.5 Å². The number of rotatable bonds is 1. The zero-order valence-electron chi connectivity index (χ0n) is 8.99. The van der Waals surface area contributed by atoms with Crippen LogP contribution in [0.1, 0.15) is 15.9 Å². The molecule has 0 aliphatic carbocycles. The Hall–Kier alpha value is -0.910. The van der Waals surface area contributed by atoms with Crippen LogP contribution in [0.2, 0.25) is 0 Å². The lowest BCUT2D eigenvalue weighted by atomic mass is 10.1. The standard InChI is InChI=1S/C11H5Cl3F3NO/c12-10(13,14)9(19)7-4-18-8-3-5(11(15,16)17)1-2-6(7)8/h1-4,18H. The predicted molar refractivity (Wildman–Crippen MR) is 67.9 cm³/mol. The molecule has 0 saturated carbocycles. The van der Waals surface area contributed by atoms with Gasteiger partial charge in [0.2, 0.25) is 5.78 Å². The van der Waals surface area contributed by atoms with Crippen molar-refractivity contribution in [2.75, 3.05) is 0 Å². The second kappa shape index (κ2) is 4.58. The van der Waals surface area contributed by atoms with Gasteiger partial charge in [0.25, 0.3) is 3.79 Å². The van der Waals surface area contributed by atoms with Gasteiger partial charge in [0, 0.05) is 22.7 Å².